The van der Waals surface area contributed by atoms with Crippen molar-refractivity contribution in [3.05, 3.63) is 12.3 Å². The maximum atomic E-state index is 11.1. The quantitative estimate of drug-likeness (QED) is 0.541. The van der Waals surface area contributed by atoms with Crippen LogP contribution in [0.2, 0.25) is 0 Å². The lowest BCUT2D eigenvalue weighted by Gasteiger charge is -2.07. The van der Waals surface area contributed by atoms with E-state index in [0.29, 0.717) is 25.5 Å². The molecule has 0 saturated carbocycles. The molecule has 0 aromatic carbocycles. The van der Waals surface area contributed by atoms with Gasteiger partial charge in [-0.05, 0) is 26.3 Å². The van der Waals surface area contributed by atoms with Crippen LogP contribution in [0.3, 0.4) is 0 Å². The average Bonchev–Trinajstić information content (AvgIpc) is 2.36. The Balaban J connectivity index is 2.26. The zero-order valence-corrected chi connectivity index (χ0v) is 10.9. The summed E-state index contributed by atoms with van der Waals surface area (Å²) >= 11 is 0. The summed E-state index contributed by atoms with van der Waals surface area (Å²) in [6.07, 6.45) is 2.84. The molecule has 0 radical (unpaired) electrons. The van der Waals surface area contributed by atoms with Crippen LogP contribution < -0.4 is 10.6 Å². The Bertz CT molecular complexity index is 371. The second-order valence-corrected chi connectivity index (χ2v) is 3.63. The van der Waals surface area contributed by atoms with Crippen molar-refractivity contribution in [1.82, 2.24) is 9.97 Å². The Morgan fingerprint density at radius 2 is 2.22 bits per heavy atom. The normalized spacial score (nSPS) is 9.89. The Hall–Kier alpha value is -1.85. The molecule has 0 unspecified atom stereocenters. The van der Waals surface area contributed by atoms with Gasteiger partial charge in [-0.1, -0.05) is 0 Å². The molecule has 1 aromatic heterocycles. The van der Waals surface area contributed by atoms with Crippen molar-refractivity contribution in [2.45, 2.75) is 26.7 Å². The van der Waals surface area contributed by atoms with Crippen molar-refractivity contribution in [2.24, 2.45) is 0 Å². The van der Waals surface area contributed by atoms with E-state index in [1.807, 2.05) is 6.92 Å². The Morgan fingerprint density at radius 3 is 2.94 bits per heavy atom. The zero-order chi connectivity index (χ0) is 13.2. The van der Waals surface area contributed by atoms with E-state index in [1.165, 1.54) is 0 Å². The molecule has 1 aromatic rings. The molecule has 100 valence electrons. The highest BCUT2D eigenvalue weighted by molar-refractivity contribution is 5.69. The van der Waals surface area contributed by atoms with Crippen LogP contribution in [0, 0.1) is 0 Å². The summed E-state index contributed by atoms with van der Waals surface area (Å²) in [5, 5.41) is 6.18. The minimum Gasteiger partial charge on any atom is -0.466 e. The number of esters is 1. The second kappa shape index (κ2) is 8.27. The van der Waals surface area contributed by atoms with Crippen LogP contribution >= 0.6 is 0 Å². The first-order valence-corrected chi connectivity index (χ1v) is 6.22. The van der Waals surface area contributed by atoms with E-state index in [0.717, 1.165) is 18.8 Å². The van der Waals surface area contributed by atoms with E-state index in [1.54, 1.807) is 19.2 Å². The molecule has 0 bridgehead atoms. The summed E-state index contributed by atoms with van der Waals surface area (Å²) in [6, 6.07) is 1.80. The summed E-state index contributed by atoms with van der Waals surface area (Å²) in [5.41, 5.74) is 0. The number of nitrogens with one attached hydrogen (secondary N) is 2. The van der Waals surface area contributed by atoms with Crippen molar-refractivity contribution in [3.63, 3.8) is 0 Å². The molecule has 18 heavy (non-hydrogen) atoms. The molecule has 1 heterocycles. The monoisotopic (exact) mass is 252 g/mol. The van der Waals surface area contributed by atoms with E-state index < -0.39 is 0 Å². The molecule has 6 heteroatoms. The molecular weight excluding hydrogens is 232 g/mol. The van der Waals surface area contributed by atoms with Gasteiger partial charge in [0.05, 0.1) is 6.61 Å². The van der Waals surface area contributed by atoms with Crippen LogP contribution in [0.25, 0.3) is 0 Å². The number of rotatable bonds is 8. The molecule has 0 amide bonds. The van der Waals surface area contributed by atoms with Gasteiger partial charge in [0, 0.05) is 25.7 Å². The number of ether oxygens (including phenoxy) is 1. The maximum absolute atomic E-state index is 11.1. The number of anilines is 2. The van der Waals surface area contributed by atoms with E-state index in [4.69, 9.17) is 4.74 Å². The number of carbonyl (C=O) groups is 1. The maximum Gasteiger partial charge on any atom is 0.305 e. The number of carbonyl (C=O) groups excluding carboxylic acids is 1. The fraction of sp³-hybridized carbons (Fsp3) is 0.583. The molecule has 0 aliphatic carbocycles. The van der Waals surface area contributed by atoms with Gasteiger partial charge in [0.25, 0.3) is 0 Å². The fourth-order valence-electron chi connectivity index (χ4n) is 1.38. The molecule has 1 rings (SSSR count). The Labute approximate surface area is 107 Å². The summed E-state index contributed by atoms with van der Waals surface area (Å²) in [4.78, 5) is 19.4. The van der Waals surface area contributed by atoms with Crippen molar-refractivity contribution in [3.8, 4) is 0 Å². The predicted molar refractivity (Wildman–Crippen MR) is 70.6 cm³/mol. The van der Waals surface area contributed by atoms with E-state index in [-0.39, 0.29) is 5.97 Å². The van der Waals surface area contributed by atoms with Crippen molar-refractivity contribution in [2.75, 3.05) is 30.3 Å². The fourth-order valence-corrected chi connectivity index (χ4v) is 1.38. The van der Waals surface area contributed by atoms with Crippen LogP contribution in [0.4, 0.5) is 11.8 Å². The largest absolute Gasteiger partial charge is 0.466 e. The smallest absolute Gasteiger partial charge is 0.305 e. The first-order valence-electron chi connectivity index (χ1n) is 6.22. The topological polar surface area (TPSA) is 76.1 Å². The lowest BCUT2D eigenvalue weighted by molar-refractivity contribution is -0.143. The Morgan fingerprint density at radius 1 is 1.39 bits per heavy atom. The van der Waals surface area contributed by atoms with Gasteiger partial charge in [-0.25, -0.2) is 4.98 Å². The molecule has 6 nitrogen and oxygen atoms in total. The lowest BCUT2D eigenvalue weighted by atomic mass is 10.3. The van der Waals surface area contributed by atoms with Gasteiger partial charge in [-0.15, -0.1) is 0 Å². The van der Waals surface area contributed by atoms with Crippen LogP contribution in [-0.4, -0.2) is 35.6 Å². The van der Waals surface area contributed by atoms with Crippen LogP contribution in [0.5, 0.6) is 0 Å². The minimum absolute atomic E-state index is 0.157. The summed E-state index contributed by atoms with van der Waals surface area (Å²) in [7, 11) is 0. The highest BCUT2D eigenvalue weighted by Gasteiger charge is 2.01. The number of hydrogen-bond acceptors (Lipinski definition) is 6. The van der Waals surface area contributed by atoms with Crippen LogP contribution in [0.15, 0.2) is 12.3 Å². The third-order valence-electron chi connectivity index (χ3n) is 2.16. The van der Waals surface area contributed by atoms with E-state index in [2.05, 4.69) is 20.6 Å². The summed E-state index contributed by atoms with van der Waals surface area (Å²) in [5.74, 6) is 1.20. The second-order valence-electron chi connectivity index (χ2n) is 3.63. The standard InChI is InChI=1S/C12H20N4O2/c1-3-13-12-15-9-7-10(16-12)14-8-5-6-11(17)18-4-2/h7,9H,3-6,8H2,1-2H3,(H2,13,14,15,16). The molecule has 0 aliphatic rings. The third-order valence-corrected chi connectivity index (χ3v) is 2.16. The van der Waals surface area contributed by atoms with Gasteiger partial charge >= 0.3 is 5.97 Å². The van der Waals surface area contributed by atoms with Crippen LogP contribution in [-0.2, 0) is 9.53 Å². The lowest BCUT2D eigenvalue weighted by Crippen LogP contribution is -2.10. The van der Waals surface area contributed by atoms with Crippen LogP contribution in [0.1, 0.15) is 26.7 Å². The van der Waals surface area contributed by atoms with Crippen molar-refractivity contribution in [1.29, 1.82) is 0 Å². The van der Waals surface area contributed by atoms with E-state index >= 15 is 0 Å². The van der Waals surface area contributed by atoms with Gasteiger partial charge < -0.3 is 15.4 Å². The molecule has 0 aliphatic heterocycles. The SMILES string of the molecule is CCNc1nccc(NCCCC(=O)OCC)n1. The molecule has 0 fully saturated rings. The molecule has 2 N–H and O–H groups in total. The van der Waals surface area contributed by atoms with Gasteiger partial charge in [-0.2, -0.15) is 4.98 Å². The van der Waals surface area contributed by atoms with Gasteiger partial charge in [0.1, 0.15) is 5.82 Å². The highest BCUT2D eigenvalue weighted by atomic mass is 16.5. The first-order chi connectivity index (χ1) is 8.76. The number of nitrogens with zero attached hydrogens (tertiary/aromatic N) is 2. The molecule has 0 atom stereocenters. The number of hydrogen-bond donors (Lipinski definition) is 2. The van der Waals surface area contributed by atoms with Crippen molar-refractivity contribution >= 4 is 17.7 Å². The predicted octanol–water partition coefficient (Wildman–Crippen LogP) is 1.66. The summed E-state index contributed by atoms with van der Waals surface area (Å²) in [6.45, 7) is 5.69. The highest BCUT2D eigenvalue weighted by Crippen LogP contribution is 2.05. The van der Waals surface area contributed by atoms with E-state index in [9.17, 15) is 4.79 Å². The number of aromatic nitrogens is 2. The molecule has 0 saturated heterocycles. The molecular formula is C12H20N4O2. The average molecular weight is 252 g/mol. The van der Waals surface area contributed by atoms with Crippen molar-refractivity contribution < 1.29 is 9.53 Å². The third kappa shape index (κ3) is 5.47. The van der Waals surface area contributed by atoms with Gasteiger partial charge in [0.15, 0.2) is 0 Å². The first kappa shape index (κ1) is 14.2. The molecule has 0 spiro atoms. The van der Waals surface area contributed by atoms with Gasteiger partial charge in [0.2, 0.25) is 5.95 Å². The Kier molecular flexibility index (Phi) is 6.53. The minimum atomic E-state index is -0.157. The summed E-state index contributed by atoms with van der Waals surface area (Å²) < 4.78 is 4.84. The zero-order valence-electron chi connectivity index (χ0n) is 10.9. The van der Waals surface area contributed by atoms with Gasteiger partial charge in [-0.3, -0.25) is 4.79 Å².